The first-order chi connectivity index (χ1) is 10.1. The highest BCUT2D eigenvalue weighted by molar-refractivity contribution is 4.65. The Morgan fingerprint density at radius 1 is 0.810 bits per heavy atom. The van der Waals surface area contributed by atoms with E-state index in [0.717, 1.165) is 39.1 Å². The van der Waals surface area contributed by atoms with Gasteiger partial charge in [-0.15, -0.1) is 0 Å². The van der Waals surface area contributed by atoms with Crippen LogP contribution in [-0.4, -0.2) is 95.0 Å². The molecule has 0 saturated carbocycles. The predicted molar refractivity (Wildman–Crippen MR) is 89.8 cm³/mol. The summed E-state index contributed by atoms with van der Waals surface area (Å²) in [5, 5.41) is 3.55. The predicted octanol–water partition coefficient (Wildman–Crippen LogP) is 0.918. The second-order valence-electron chi connectivity index (χ2n) is 6.38. The van der Waals surface area contributed by atoms with Gasteiger partial charge >= 0.3 is 0 Å². The van der Waals surface area contributed by atoms with Gasteiger partial charge < -0.3 is 19.9 Å². The van der Waals surface area contributed by atoms with Crippen molar-refractivity contribution in [3.8, 4) is 0 Å². The van der Waals surface area contributed by atoms with E-state index in [2.05, 4.69) is 41.2 Å². The third kappa shape index (κ3) is 8.73. The number of rotatable bonds is 1. The van der Waals surface area contributed by atoms with Gasteiger partial charge in [-0.2, -0.15) is 0 Å². The third-order valence-electron chi connectivity index (χ3n) is 4.36. The summed E-state index contributed by atoms with van der Waals surface area (Å²) in [5.74, 6) is 0. The molecule has 0 spiro atoms. The molecule has 5 nitrogen and oxygen atoms in total. The van der Waals surface area contributed by atoms with Crippen LogP contribution in [0.2, 0.25) is 0 Å². The summed E-state index contributed by atoms with van der Waals surface area (Å²) < 4.78 is 5.66. The van der Waals surface area contributed by atoms with Gasteiger partial charge in [0.25, 0.3) is 0 Å². The minimum atomic E-state index is 0.240. The molecule has 1 rings (SSSR count). The number of methoxy groups -OCH3 is 1. The van der Waals surface area contributed by atoms with Crippen molar-refractivity contribution in [1.82, 2.24) is 20.0 Å². The Bertz CT molecular complexity index is 252. The fourth-order valence-electron chi connectivity index (χ4n) is 2.88. The standard InChI is InChI=1S/C16H36N4O/c1-18-11-5-9-17-10-6-12-19(2)15-8-16(21-4)20(3)14-7-13-18/h16-17H,5-15H2,1-4H3. The lowest BCUT2D eigenvalue weighted by Gasteiger charge is -2.29. The van der Waals surface area contributed by atoms with Crippen LogP contribution in [0.15, 0.2) is 0 Å². The zero-order chi connectivity index (χ0) is 15.5. The van der Waals surface area contributed by atoms with Gasteiger partial charge in [0.15, 0.2) is 0 Å². The average molecular weight is 300 g/mol. The Morgan fingerprint density at radius 3 is 2.00 bits per heavy atom. The maximum absolute atomic E-state index is 5.66. The lowest BCUT2D eigenvalue weighted by molar-refractivity contribution is -0.0285. The summed E-state index contributed by atoms with van der Waals surface area (Å²) in [5.41, 5.74) is 0. The van der Waals surface area contributed by atoms with Crippen LogP contribution in [0.3, 0.4) is 0 Å². The van der Waals surface area contributed by atoms with E-state index in [4.69, 9.17) is 4.74 Å². The SMILES string of the molecule is COC1CCN(C)CCCNCCCN(C)CCCN1C. The minimum absolute atomic E-state index is 0.240. The van der Waals surface area contributed by atoms with Crippen molar-refractivity contribution in [3.05, 3.63) is 0 Å². The molecule has 0 aromatic rings. The number of nitrogens with one attached hydrogen (secondary N) is 1. The van der Waals surface area contributed by atoms with Crippen LogP contribution >= 0.6 is 0 Å². The fourth-order valence-corrected chi connectivity index (χ4v) is 2.88. The van der Waals surface area contributed by atoms with E-state index >= 15 is 0 Å². The molecule has 1 aliphatic rings. The molecule has 1 N–H and O–H groups in total. The summed E-state index contributed by atoms with van der Waals surface area (Å²) in [6, 6.07) is 0. The van der Waals surface area contributed by atoms with Crippen molar-refractivity contribution in [1.29, 1.82) is 0 Å². The van der Waals surface area contributed by atoms with Gasteiger partial charge in [0.2, 0.25) is 0 Å². The molecule has 1 aliphatic heterocycles. The lowest BCUT2D eigenvalue weighted by atomic mass is 10.2. The molecule has 0 aliphatic carbocycles. The van der Waals surface area contributed by atoms with Gasteiger partial charge in [0.05, 0.1) is 0 Å². The zero-order valence-corrected chi connectivity index (χ0v) is 14.6. The van der Waals surface area contributed by atoms with Crippen LogP contribution in [0.4, 0.5) is 0 Å². The van der Waals surface area contributed by atoms with Gasteiger partial charge in [-0.1, -0.05) is 0 Å². The zero-order valence-electron chi connectivity index (χ0n) is 14.6. The average Bonchev–Trinajstić information content (AvgIpc) is 2.46. The number of hydrogen-bond acceptors (Lipinski definition) is 5. The maximum atomic E-state index is 5.66. The van der Waals surface area contributed by atoms with Crippen LogP contribution in [0, 0.1) is 0 Å². The molecule has 1 heterocycles. The third-order valence-corrected chi connectivity index (χ3v) is 4.36. The Kier molecular flexibility index (Phi) is 10.2. The molecular weight excluding hydrogens is 264 g/mol. The molecule has 21 heavy (non-hydrogen) atoms. The van der Waals surface area contributed by atoms with Gasteiger partial charge in [-0.3, -0.25) is 4.90 Å². The molecule has 1 atom stereocenters. The molecule has 1 saturated heterocycles. The quantitative estimate of drug-likeness (QED) is 0.778. The summed E-state index contributed by atoms with van der Waals surface area (Å²) in [6.45, 7) is 7.98. The Morgan fingerprint density at radius 2 is 1.38 bits per heavy atom. The molecule has 1 fully saturated rings. The van der Waals surface area contributed by atoms with Gasteiger partial charge in [-0.25, -0.2) is 0 Å². The fraction of sp³-hybridized carbons (Fsp3) is 1.00. The number of nitrogens with zero attached hydrogens (tertiary/aromatic N) is 3. The molecule has 0 aromatic heterocycles. The van der Waals surface area contributed by atoms with Gasteiger partial charge in [0.1, 0.15) is 6.23 Å². The van der Waals surface area contributed by atoms with E-state index in [0.29, 0.717) is 0 Å². The molecule has 0 bridgehead atoms. The van der Waals surface area contributed by atoms with Crippen LogP contribution < -0.4 is 5.32 Å². The first-order valence-corrected chi connectivity index (χ1v) is 8.44. The first kappa shape index (κ1) is 18.8. The molecular formula is C16H36N4O. The molecule has 0 amide bonds. The van der Waals surface area contributed by atoms with Crippen molar-refractivity contribution in [2.75, 3.05) is 74.1 Å². The smallest absolute Gasteiger partial charge is 0.111 e. The lowest BCUT2D eigenvalue weighted by Crippen LogP contribution is -2.38. The largest absolute Gasteiger partial charge is 0.366 e. The minimum Gasteiger partial charge on any atom is -0.366 e. The second-order valence-corrected chi connectivity index (χ2v) is 6.38. The molecule has 0 radical (unpaired) electrons. The van der Waals surface area contributed by atoms with Gasteiger partial charge in [0, 0.05) is 20.2 Å². The molecule has 1 unspecified atom stereocenters. The second kappa shape index (κ2) is 11.4. The summed E-state index contributed by atoms with van der Waals surface area (Å²) in [7, 11) is 8.45. The van der Waals surface area contributed by atoms with Crippen molar-refractivity contribution in [2.45, 2.75) is 31.9 Å². The Labute approximate surface area is 131 Å². The van der Waals surface area contributed by atoms with E-state index in [1.165, 1.54) is 32.4 Å². The van der Waals surface area contributed by atoms with E-state index in [1.807, 2.05) is 7.11 Å². The van der Waals surface area contributed by atoms with Crippen LogP contribution in [0.5, 0.6) is 0 Å². The van der Waals surface area contributed by atoms with Crippen molar-refractivity contribution < 1.29 is 4.74 Å². The van der Waals surface area contributed by atoms with Gasteiger partial charge in [-0.05, 0) is 79.6 Å². The monoisotopic (exact) mass is 300 g/mol. The highest BCUT2D eigenvalue weighted by Gasteiger charge is 2.14. The normalized spacial score (nSPS) is 27.7. The Hall–Kier alpha value is -0.200. The molecule has 126 valence electrons. The summed E-state index contributed by atoms with van der Waals surface area (Å²) in [4.78, 5) is 7.22. The highest BCUT2D eigenvalue weighted by Crippen LogP contribution is 2.06. The van der Waals surface area contributed by atoms with E-state index in [1.54, 1.807) is 0 Å². The van der Waals surface area contributed by atoms with Crippen molar-refractivity contribution in [3.63, 3.8) is 0 Å². The van der Waals surface area contributed by atoms with E-state index in [-0.39, 0.29) is 6.23 Å². The number of ether oxygens (including phenoxy) is 1. The van der Waals surface area contributed by atoms with Crippen LogP contribution in [0.1, 0.15) is 25.7 Å². The highest BCUT2D eigenvalue weighted by atomic mass is 16.5. The summed E-state index contributed by atoms with van der Waals surface area (Å²) in [6.07, 6.45) is 4.98. The van der Waals surface area contributed by atoms with Crippen LogP contribution in [-0.2, 0) is 4.74 Å². The number of hydrogen-bond donors (Lipinski definition) is 1. The van der Waals surface area contributed by atoms with E-state index in [9.17, 15) is 0 Å². The molecule has 0 aromatic carbocycles. The van der Waals surface area contributed by atoms with Crippen molar-refractivity contribution in [2.24, 2.45) is 0 Å². The van der Waals surface area contributed by atoms with Crippen LogP contribution in [0.25, 0.3) is 0 Å². The van der Waals surface area contributed by atoms with E-state index < -0.39 is 0 Å². The van der Waals surface area contributed by atoms with Crippen molar-refractivity contribution >= 4 is 0 Å². The maximum Gasteiger partial charge on any atom is 0.111 e. The Balaban J connectivity index is 2.43. The molecule has 5 heteroatoms. The topological polar surface area (TPSA) is 31.0 Å². The first-order valence-electron chi connectivity index (χ1n) is 8.44. The summed E-state index contributed by atoms with van der Waals surface area (Å²) >= 11 is 0.